The quantitative estimate of drug-likeness (QED) is 0.553. The molecule has 0 radical (unpaired) electrons. The number of nitrogens with one attached hydrogen (secondary N) is 2. The van der Waals surface area contributed by atoms with Crippen LogP contribution in [0, 0.1) is 0 Å². The first kappa shape index (κ1) is 20.8. The van der Waals surface area contributed by atoms with Gasteiger partial charge in [0.25, 0.3) is 0 Å². The van der Waals surface area contributed by atoms with E-state index >= 15 is 0 Å². The highest BCUT2D eigenvalue weighted by molar-refractivity contribution is 5.80. The monoisotopic (exact) mass is 369 g/mol. The molecule has 2 rings (SSSR count). The molecule has 150 valence electrons. The zero-order valence-corrected chi connectivity index (χ0v) is 16.9. The van der Waals surface area contributed by atoms with E-state index in [0.717, 1.165) is 45.4 Å². The van der Waals surface area contributed by atoms with Crippen molar-refractivity contribution in [2.45, 2.75) is 52.3 Å². The minimum Gasteiger partial charge on any atom is -0.444 e. The lowest BCUT2D eigenvalue weighted by Crippen LogP contribution is -2.63. The lowest BCUT2D eigenvalue weighted by atomic mass is 10.1. The second kappa shape index (κ2) is 9.41. The third kappa shape index (κ3) is 6.64. The van der Waals surface area contributed by atoms with E-state index in [-0.39, 0.29) is 12.1 Å². The second-order valence-corrected chi connectivity index (χ2v) is 7.94. The molecule has 8 nitrogen and oxygen atoms in total. The van der Waals surface area contributed by atoms with Gasteiger partial charge in [-0.15, -0.1) is 0 Å². The van der Waals surface area contributed by atoms with Gasteiger partial charge in [0.2, 0.25) is 0 Å². The van der Waals surface area contributed by atoms with Gasteiger partial charge in [0.1, 0.15) is 5.60 Å². The molecule has 2 N–H and O–H groups in total. The first-order valence-corrected chi connectivity index (χ1v) is 9.63. The van der Waals surface area contributed by atoms with Crippen molar-refractivity contribution in [1.29, 1.82) is 0 Å². The highest BCUT2D eigenvalue weighted by atomic mass is 16.6. The molecule has 2 saturated heterocycles. The lowest BCUT2D eigenvalue weighted by molar-refractivity contribution is 0.00697. The number of amides is 1. The number of morpholine rings is 1. The third-order valence-electron chi connectivity index (χ3n) is 4.40. The number of aliphatic imine (C=N–C) groups is 1. The Bertz CT molecular complexity index is 480. The molecule has 1 amide bonds. The fraction of sp³-hybridized carbons (Fsp3) is 0.889. The van der Waals surface area contributed by atoms with Crippen LogP contribution in [0.4, 0.5) is 4.79 Å². The number of rotatable bonds is 5. The Morgan fingerprint density at radius 1 is 1.31 bits per heavy atom. The number of guanidine groups is 1. The van der Waals surface area contributed by atoms with Crippen molar-refractivity contribution in [3.63, 3.8) is 0 Å². The van der Waals surface area contributed by atoms with Crippen molar-refractivity contribution >= 4 is 12.1 Å². The van der Waals surface area contributed by atoms with E-state index < -0.39 is 5.60 Å². The Morgan fingerprint density at radius 2 is 1.96 bits per heavy atom. The van der Waals surface area contributed by atoms with E-state index in [2.05, 4.69) is 29.4 Å². The average molecular weight is 370 g/mol. The van der Waals surface area contributed by atoms with E-state index in [1.54, 1.807) is 4.90 Å². The van der Waals surface area contributed by atoms with Crippen LogP contribution in [0.1, 0.15) is 34.6 Å². The van der Waals surface area contributed by atoms with Crippen molar-refractivity contribution in [2.75, 3.05) is 52.5 Å². The summed E-state index contributed by atoms with van der Waals surface area (Å²) in [4.78, 5) is 20.8. The molecule has 2 aliphatic heterocycles. The van der Waals surface area contributed by atoms with Gasteiger partial charge in [0, 0.05) is 38.8 Å². The predicted molar refractivity (Wildman–Crippen MR) is 103 cm³/mol. The van der Waals surface area contributed by atoms with Crippen LogP contribution in [0.5, 0.6) is 0 Å². The second-order valence-electron chi connectivity index (χ2n) is 7.94. The lowest BCUT2D eigenvalue weighted by Gasteiger charge is -2.40. The molecule has 0 bridgehead atoms. The molecule has 0 spiro atoms. The number of hydrogen-bond acceptors (Lipinski definition) is 5. The molecule has 0 aliphatic carbocycles. The van der Waals surface area contributed by atoms with E-state index in [1.807, 2.05) is 20.8 Å². The van der Waals surface area contributed by atoms with Gasteiger partial charge in [-0.3, -0.25) is 9.89 Å². The standard InChI is InChI=1S/C18H35N5O3/c1-6-19-16(20-11-14(2)22-7-9-25-10-8-22)21-15-12-23(13-15)17(24)26-18(3,4)5/h14-15H,6-13H2,1-5H3,(H2,19,20,21). The van der Waals surface area contributed by atoms with E-state index in [4.69, 9.17) is 14.5 Å². The first-order valence-electron chi connectivity index (χ1n) is 9.63. The van der Waals surface area contributed by atoms with Crippen LogP contribution in [0.15, 0.2) is 4.99 Å². The molecule has 1 atom stereocenters. The van der Waals surface area contributed by atoms with Crippen LogP contribution in [-0.2, 0) is 9.47 Å². The van der Waals surface area contributed by atoms with Gasteiger partial charge in [0.05, 0.1) is 25.8 Å². The highest BCUT2D eigenvalue weighted by Crippen LogP contribution is 2.15. The van der Waals surface area contributed by atoms with Gasteiger partial charge in [-0.05, 0) is 34.6 Å². The van der Waals surface area contributed by atoms with Crippen LogP contribution in [-0.4, -0.2) is 92.0 Å². The number of carbonyl (C=O) groups excluding carboxylic acids is 1. The molecule has 26 heavy (non-hydrogen) atoms. The van der Waals surface area contributed by atoms with Gasteiger partial charge in [-0.1, -0.05) is 0 Å². The third-order valence-corrected chi connectivity index (χ3v) is 4.40. The molecule has 0 aromatic carbocycles. The maximum Gasteiger partial charge on any atom is 0.410 e. The van der Waals surface area contributed by atoms with Crippen molar-refractivity contribution in [2.24, 2.45) is 4.99 Å². The minimum atomic E-state index is -0.457. The van der Waals surface area contributed by atoms with Gasteiger partial charge in [-0.2, -0.15) is 0 Å². The van der Waals surface area contributed by atoms with Crippen LogP contribution in [0.2, 0.25) is 0 Å². The Morgan fingerprint density at radius 3 is 2.54 bits per heavy atom. The number of likely N-dealkylation sites (tertiary alicyclic amines) is 1. The van der Waals surface area contributed by atoms with Gasteiger partial charge in [0.15, 0.2) is 5.96 Å². The zero-order chi connectivity index (χ0) is 19.2. The van der Waals surface area contributed by atoms with Crippen LogP contribution >= 0.6 is 0 Å². The summed E-state index contributed by atoms with van der Waals surface area (Å²) in [5, 5.41) is 6.69. The summed E-state index contributed by atoms with van der Waals surface area (Å²) >= 11 is 0. The van der Waals surface area contributed by atoms with Crippen molar-refractivity contribution < 1.29 is 14.3 Å². The molecule has 0 saturated carbocycles. The maximum atomic E-state index is 12.0. The summed E-state index contributed by atoms with van der Waals surface area (Å²) in [5.41, 5.74) is -0.457. The average Bonchev–Trinajstić information content (AvgIpc) is 2.54. The normalized spacial score (nSPS) is 21.1. The Balaban J connectivity index is 1.77. The van der Waals surface area contributed by atoms with Gasteiger partial charge >= 0.3 is 6.09 Å². The molecule has 2 fully saturated rings. The summed E-state index contributed by atoms with van der Waals surface area (Å²) in [5.74, 6) is 0.807. The molecule has 2 heterocycles. The Kier molecular flexibility index (Phi) is 7.52. The molecular formula is C18H35N5O3. The summed E-state index contributed by atoms with van der Waals surface area (Å²) in [7, 11) is 0. The summed E-state index contributed by atoms with van der Waals surface area (Å²) < 4.78 is 10.8. The predicted octanol–water partition coefficient (Wildman–Crippen LogP) is 0.882. The van der Waals surface area contributed by atoms with Crippen molar-refractivity contribution in [3.05, 3.63) is 0 Å². The van der Waals surface area contributed by atoms with E-state index in [1.165, 1.54) is 0 Å². The van der Waals surface area contributed by atoms with Crippen LogP contribution in [0.25, 0.3) is 0 Å². The first-order chi connectivity index (χ1) is 12.3. The number of carbonyl (C=O) groups is 1. The summed E-state index contributed by atoms with van der Waals surface area (Å²) in [6, 6.07) is 0.591. The highest BCUT2D eigenvalue weighted by Gasteiger charge is 2.34. The Hall–Kier alpha value is -1.54. The van der Waals surface area contributed by atoms with Crippen molar-refractivity contribution in [3.8, 4) is 0 Å². The fourth-order valence-electron chi connectivity index (χ4n) is 2.92. The number of ether oxygens (including phenoxy) is 2. The minimum absolute atomic E-state index is 0.207. The van der Waals surface area contributed by atoms with Crippen LogP contribution < -0.4 is 10.6 Å². The number of hydrogen-bond donors (Lipinski definition) is 2. The molecule has 2 aliphatic rings. The maximum absolute atomic E-state index is 12.0. The smallest absolute Gasteiger partial charge is 0.410 e. The van der Waals surface area contributed by atoms with Gasteiger partial charge in [-0.25, -0.2) is 4.79 Å². The fourth-order valence-corrected chi connectivity index (χ4v) is 2.92. The molecule has 0 aromatic heterocycles. The Labute approximate surface area is 157 Å². The largest absolute Gasteiger partial charge is 0.444 e. The molecule has 8 heteroatoms. The van der Waals surface area contributed by atoms with Crippen molar-refractivity contribution in [1.82, 2.24) is 20.4 Å². The summed E-state index contributed by atoms with van der Waals surface area (Å²) in [6.07, 6.45) is -0.251. The summed E-state index contributed by atoms with van der Waals surface area (Å²) in [6.45, 7) is 16.2. The molecule has 0 aromatic rings. The molecular weight excluding hydrogens is 334 g/mol. The molecule has 1 unspecified atom stereocenters. The topological polar surface area (TPSA) is 78.4 Å². The SMILES string of the molecule is CCNC(=NCC(C)N1CCOCC1)NC1CN(C(=O)OC(C)(C)C)C1. The van der Waals surface area contributed by atoms with Crippen LogP contribution in [0.3, 0.4) is 0 Å². The van der Waals surface area contributed by atoms with E-state index in [0.29, 0.717) is 19.1 Å². The van der Waals surface area contributed by atoms with Gasteiger partial charge < -0.3 is 25.0 Å². The number of nitrogens with zero attached hydrogens (tertiary/aromatic N) is 3. The zero-order valence-electron chi connectivity index (χ0n) is 16.9. The van der Waals surface area contributed by atoms with E-state index in [9.17, 15) is 4.79 Å².